The molecule has 5 aromatic carbocycles. The number of aryl methyl sites for hydroxylation is 15. The number of benzene rings is 5. The van der Waals surface area contributed by atoms with Gasteiger partial charge >= 0.3 is 0 Å². The van der Waals surface area contributed by atoms with Gasteiger partial charge in [-0.1, -0.05) is 176 Å². The lowest BCUT2D eigenvalue weighted by Crippen LogP contribution is -2.36. The summed E-state index contributed by atoms with van der Waals surface area (Å²) in [5.41, 5.74) is 17.1. The van der Waals surface area contributed by atoms with Crippen LogP contribution in [0.1, 0.15) is 117 Å². The largest absolute Gasteiger partial charge is 0.294 e. The molecule has 11 rings (SSSR count). The van der Waals surface area contributed by atoms with Crippen molar-refractivity contribution in [3.63, 3.8) is 0 Å². The molecule has 0 saturated heterocycles. The Hall–Kier alpha value is -9.66. The fraction of sp³-hybridized carbons (Fsp3) is 0.253. The maximum absolute atomic E-state index is 11.9. The van der Waals surface area contributed by atoms with Gasteiger partial charge in [-0.05, 0) is 111 Å². The minimum Gasteiger partial charge on any atom is -0.294 e. The number of ketones is 2. The molecule has 474 valence electrons. The van der Waals surface area contributed by atoms with E-state index in [2.05, 4.69) is 212 Å². The number of Topliss-reactive ketones (excluding diaryl/α,β-unsaturated/α-hetero) is 2. The van der Waals surface area contributed by atoms with Crippen LogP contribution in [0.4, 0.5) is 0 Å². The molecule has 0 aliphatic rings. The van der Waals surface area contributed by atoms with E-state index in [1.807, 2.05) is 207 Å². The van der Waals surface area contributed by atoms with Gasteiger partial charge in [-0.2, -0.15) is 9.13 Å². The highest BCUT2D eigenvalue weighted by atomic mass is 16.1. The van der Waals surface area contributed by atoms with E-state index in [-0.39, 0.29) is 19.0 Å². The summed E-state index contributed by atoms with van der Waals surface area (Å²) in [6.07, 6.45) is 26.1. The summed E-state index contributed by atoms with van der Waals surface area (Å²) < 4.78 is 12.2. The van der Waals surface area contributed by atoms with E-state index in [1.54, 1.807) is 0 Å². The van der Waals surface area contributed by atoms with Crippen molar-refractivity contribution in [3.05, 3.63) is 353 Å². The maximum Gasteiger partial charge on any atom is 0.227 e. The molecule has 8 nitrogen and oxygen atoms in total. The van der Waals surface area contributed by atoms with E-state index >= 15 is 0 Å². The Kier molecular flexibility index (Phi) is 38.1. The lowest BCUT2D eigenvalue weighted by Gasteiger charge is -1.98. The van der Waals surface area contributed by atoms with Gasteiger partial charge in [-0.3, -0.25) is 9.59 Å². The minimum absolute atomic E-state index is 0. The van der Waals surface area contributed by atoms with Gasteiger partial charge in [0.15, 0.2) is 80.1 Å². The van der Waals surface area contributed by atoms with Gasteiger partial charge in [-0.15, -0.1) is 0 Å². The molecule has 6 heterocycles. The highest BCUT2D eigenvalue weighted by molar-refractivity contribution is 5.96. The Morgan fingerprint density at radius 1 is 0.308 bits per heavy atom. The second kappa shape index (κ2) is 44.7. The molecule has 0 spiro atoms. The summed E-state index contributed by atoms with van der Waals surface area (Å²) in [7, 11) is 6.05. The zero-order chi connectivity index (χ0) is 66.1. The standard InChI is InChI=1S/C14H14NO.C12H12N.C10H12O.C9H12.C8H12N.C8H10.3C7H10N.CH4/c1-12-5-7-13(8-6-12)14(16)11-15-9-3-2-4-10-15;1-11-5-7-12(8-6-11)13-9-3-2-4-10-13;1-3-10(11)9-6-4-8(2)5-7-9;1-3-9-6-4-8(2)5-7-9;1-3-9-6-4-5-8(2)7-9;3*1-7-3-5-8(2)6-4-7;1-7-4-3-5-8(2)6-7;/h2-10H,11H2,1H3;2-10H,1H3;4-7H,3H2,1-2H3;2*4-7H,3H2,1-2H3;4*3-6H,1-2H3;1H4/q2*+1;;;+1;;3*+1;. The smallest absolute Gasteiger partial charge is 0.227 e. The first-order valence-electron chi connectivity index (χ1n) is 31.1. The highest BCUT2D eigenvalue weighted by Crippen LogP contribution is 2.07. The fourth-order valence-electron chi connectivity index (χ4n) is 7.97. The molecule has 0 atom stereocenters. The molecule has 8 heteroatoms. The van der Waals surface area contributed by atoms with Crippen LogP contribution >= 0.6 is 0 Å². The predicted molar refractivity (Wildman–Crippen MR) is 378 cm³/mol. The Morgan fingerprint density at radius 2 is 0.648 bits per heavy atom. The first kappa shape index (κ1) is 77.4. The second-order valence-electron chi connectivity index (χ2n) is 22.4. The lowest BCUT2D eigenvalue weighted by atomic mass is 10.1. The van der Waals surface area contributed by atoms with Gasteiger partial charge in [0.2, 0.25) is 18.0 Å². The van der Waals surface area contributed by atoms with E-state index in [0.29, 0.717) is 13.0 Å². The van der Waals surface area contributed by atoms with Crippen molar-refractivity contribution >= 4 is 11.6 Å². The average Bonchev–Trinajstić information content (AvgIpc) is 3.50. The Balaban J connectivity index is 0.000000352. The van der Waals surface area contributed by atoms with Crippen molar-refractivity contribution in [1.29, 1.82) is 0 Å². The molecule has 6 aromatic heterocycles. The van der Waals surface area contributed by atoms with E-state index < -0.39 is 0 Å². The Labute approximate surface area is 548 Å². The SMILES string of the molecule is C.CCC(=O)c1ccc(C)cc1.CC[n+]1cccc(C)c1.CCc1ccc(C)cc1.Cc1cc[n+](C)cc1.Cc1cc[n+](C)cc1.Cc1ccc(-[n+]2ccccc2)cc1.Cc1ccc(C(=O)C[n+]2ccccc2)cc1.Cc1ccc(C)cc1.Cc1ccc[n+](C)c1. The summed E-state index contributed by atoms with van der Waals surface area (Å²) in [5.74, 6) is 0.348. The van der Waals surface area contributed by atoms with E-state index in [4.69, 9.17) is 0 Å². The molecule has 0 aliphatic carbocycles. The van der Waals surface area contributed by atoms with Crippen LogP contribution in [0.3, 0.4) is 0 Å². The summed E-state index contributed by atoms with van der Waals surface area (Å²) in [5, 5.41) is 0. The van der Waals surface area contributed by atoms with Crippen molar-refractivity contribution in [2.24, 2.45) is 21.1 Å². The topological polar surface area (TPSA) is 57.4 Å². The number of hydrogen-bond donors (Lipinski definition) is 0. The van der Waals surface area contributed by atoms with Crippen LogP contribution in [0.2, 0.25) is 0 Å². The van der Waals surface area contributed by atoms with E-state index in [1.165, 1.54) is 66.9 Å². The number of carbonyl (C=O) groups is 2. The summed E-state index contributed by atoms with van der Waals surface area (Å²) in [4.78, 5) is 23.0. The van der Waals surface area contributed by atoms with Crippen LogP contribution in [-0.4, -0.2) is 11.6 Å². The van der Waals surface area contributed by atoms with Crippen LogP contribution in [0.25, 0.3) is 5.69 Å². The zero-order valence-corrected chi connectivity index (χ0v) is 56.9. The third-order valence-corrected chi connectivity index (χ3v) is 13.7. The van der Waals surface area contributed by atoms with Gasteiger partial charge in [-0.25, -0.2) is 18.3 Å². The van der Waals surface area contributed by atoms with Crippen molar-refractivity contribution in [2.75, 3.05) is 0 Å². The van der Waals surface area contributed by atoms with Crippen molar-refractivity contribution < 1.29 is 37.0 Å². The quantitative estimate of drug-likeness (QED) is 0.112. The number of carbonyl (C=O) groups excluding carboxylic acids is 2. The number of rotatable bonds is 8. The van der Waals surface area contributed by atoms with Crippen molar-refractivity contribution in [1.82, 2.24) is 0 Å². The zero-order valence-electron chi connectivity index (χ0n) is 56.9. The molecule has 91 heavy (non-hydrogen) atoms. The first-order chi connectivity index (χ1) is 43.2. The molecular formula is C83H106N6O2+6. The van der Waals surface area contributed by atoms with Crippen LogP contribution in [0, 0.1) is 69.2 Å². The molecule has 0 radical (unpaired) electrons. The van der Waals surface area contributed by atoms with Crippen LogP contribution in [0.15, 0.2) is 281 Å². The monoisotopic (exact) mass is 1220 g/mol. The summed E-state index contributed by atoms with van der Waals surface area (Å²) >= 11 is 0. The third-order valence-electron chi connectivity index (χ3n) is 13.7. The molecular weight excluding hydrogens is 1110 g/mol. The van der Waals surface area contributed by atoms with Gasteiger partial charge in [0.1, 0.15) is 27.7 Å². The summed E-state index contributed by atoms with van der Waals surface area (Å²) in [6, 6.07) is 69.4. The molecule has 0 aliphatic heterocycles. The number of hydrogen-bond acceptors (Lipinski definition) is 2. The minimum atomic E-state index is 0. The molecule has 0 amide bonds. The van der Waals surface area contributed by atoms with Gasteiger partial charge in [0.05, 0.1) is 0 Å². The number of nitrogens with zero attached hydrogens (tertiary/aromatic N) is 6. The fourth-order valence-corrected chi connectivity index (χ4v) is 7.97. The lowest BCUT2D eigenvalue weighted by molar-refractivity contribution is -0.693. The van der Waals surface area contributed by atoms with E-state index in [9.17, 15) is 9.59 Å². The van der Waals surface area contributed by atoms with Crippen LogP contribution in [-0.2, 0) is 40.7 Å². The molecule has 0 bridgehead atoms. The number of pyridine rings is 6. The normalized spacial score (nSPS) is 9.49. The summed E-state index contributed by atoms with van der Waals surface area (Å²) in [6.45, 7) is 28.4. The van der Waals surface area contributed by atoms with Crippen LogP contribution in [0.5, 0.6) is 0 Å². The van der Waals surface area contributed by atoms with Gasteiger partial charge < -0.3 is 0 Å². The first-order valence-corrected chi connectivity index (χ1v) is 31.1. The highest BCUT2D eigenvalue weighted by Gasteiger charge is 2.11. The Morgan fingerprint density at radius 3 is 0.989 bits per heavy atom. The number of aromatic nitrogens is 6. The molecule has 0 saturated carbocycles. The van der Waals surface area contributed by atoms with Crippen LogP contribution < -0.4 is 27.4 Å². The second-order valence-corrected chi connectivity index (χ2v) is 22.4. The average molecular weight is 1220 g/mol. The van der Waals surface area contributed by atoms with Crippen molar-refractivity contribution in [3.8, 4) is 5.69 Å². The molecule has 11 aromatic rings. The van der Waals surface area contributed by atoms with E-state index in [0.717, 1.165) is 24.1 Å². The van der Waals surface area contributed by atoms with Gasteiger partial charge in [0, 0.05) is 101 Å². The molecule has 0 unspecified atom stereocenters. The molecule has 0 fully saturated rings. The predicted octanol–water partition coefficient (Wildman–Crippen LogP) is 16.3. The third kappa shape index (κ3) is 35.2. The van der Waals surface area contributed by atoms with Gasteiger partial charge in [0.25, 0.3) is 0 Å². The Bertz CT molecular complexity index is 3500. The molecule has 0 N–H and O–H groups in total. The van der Waals surface area contributed by atoms with Crippen molar-refractivity contribution in [2.45, 2.75) is 123 Å². The maximum atomic E-state index is 11.9.